The fraction of sp³-hybridized carbons (Fsp3) is 0.300. The fourth-order valence-corrected chi connectivity index (χ4v) is 1.35. The molecule has 1 heterocycles. The predicted octanol–water partition coefficient (Wildman–Crippen LogP) is 2.14. The Morgan fingerprint density at radius 3 is 2.88 bits per heavy atom. The number of hydrogen-bond donors (Lipinski definition) is 1. The molecule has 1 aromatic heterocycles. The smallest absolute Gasteiger partial charge is 0.243 e. The van der Waals surface area contributed by atoms with E-state index in [-0.39, 0.29) is 0 Å². The minimum Gasteiger partial charge on any atom is -0.353 e. The maximum atomic E-state index is 8.10. The number of rotatable bonds is 5. The molecule has 1 aromatic carbocycles. The van der Waals surface area contributed by atoms with Gasteiger partial charge in [0.1, 0.15) is 5.52 Å². The second-order valence-corrected chi connectivity index (χ2v) is 3.36. The number of fused-ring (bicyclic) bond motifs is 1. The van der Waals surface area contributed by atoms with Crippen molar-refractivity contribution in [2.45, 2.75) is 6.42 Å². The van der Waals surface area contributed by atoms with E-state index in [1.807, 2.05) is 24.3 Å². The van der Waals surface area contributed by atoms with Crippen LogP contribution in [0.5, 0.6) is 0 Å². The summed E-state index contributed by atoms with van der Waals surface area (Å²) in [5, 5.41) is 14.5. The highest BCUT2D eigenvalue weighted by Gasteiger charge is 1.99. The van der Waals surface area contributed by atoms with Crippen LogP contribution >= 0.6 is 0 Å². The van der Waals surface area contributed by atoms with E-state index >= 15 is 0 Å². The van der Waals surface area contributed by atoms with Gasteiger partial charge >= 0.3 is 0 Å². The number of nitrogens with zero attached hydrogens (tertiary/aromatic N) is 6. The predicted molar refractivity (Wildman–Crippen MR) is 64.5 cm³/mol. The minimum absolute atomic E-state index is 0.463. The Morgan fingerprint density at radius 1 is 1.24 bits per heavy atom. The number of azide groups is 1. The largest absolute Gasteiger partial charge is 0.353 e. The van der Waals surface area contributed by atoms with Crippen molar-refractivity contribution in [3.63, 3.8) is 0 Å². The number of benzene rings is 1. The van der Waals surface area contributed by atoms with E-state index in [0.29, 0.717) is 19.0 Å². The summed E-state index contributed by atoms with van der Waals surface area (Å²) in [5.74, 6) is 0.490. The molecule has 0 unspecified atom stereocenters. The standard InChI is InChI=1S/C10H11N7/c11-17-13-7-3-6-12-10-14-8-4-1-2-5-9(8)15-16-10/h1-2,4-5H,3,6-7H2,(H,12,14,16). The van der Waals surface area contributed by atoms with Gasteiger partial charge in [-0.3, -0.25) is 0 Å². The highest BCUT2D eigenvalue weighted by atomic mass is 15.2. The summed E-state index contributed by atoms with van der Waals surface area (Å²) in [6.45, 7) is 1.11. The third-order valence-electron chi connectivity index (χ3n) is 2.14. The molecule has 0 bridgehead atoms. The number of aromatic nitrogens is 3. The molecule has 0 spiro atoms. The van der Waals surface area contributed by atoms with Crippen molar-refractivity contribution in [2.75, 3.05) is 18.4 Å². The first-order valence-corrected chi connectivity index (χ1v) is 5.24. The summed E-state index contributed by atoms with van der Waals surface area (Å²) >= 11 is 0. The summed E-state index contributed by atoms with van der Waals surface area (Å²) in [4.78, 5) is 6.98. The zero-order valence-electron chi connectivity index (χ0n) is 9.11. The molecule has 0 radical (unpaired) electrons. The van der Waals surface area contributed by atoms with Crippen LogP contribution in [-0.4, -0.2) is 28.3 Å². The maximum Gasteiger partial charge on any atom is 0.243 e. The van der Waals surface area contributed by atoms with Crippen LogP contribution < -0.4 is 5.32 Å². The lowest BCUT2D eigenvalue weighted by Gasteiger charge is -2.02. The number of hydrogen-bond acceptors (Lipinski definition) is 5. The zero-order valence-corrected chi connectivity index (χ0v) is 9.11. The maximum absolute atomic E-state index is 8.10. The van der Waals surface area contributed by atoms with Gasteiger partial charge in [-0.2, -0.15) is 0 Å². The van der Waals surface area contributed by atoms with Crippen molar-refractivity contribution in [3.8, 4) is 0 Å². The molecule has 0 aliphatic heterocycles. The van der Waals surface area contributed by atoms with Crippen LogP contribution in [0.2, 0.25) is 0 Å². The topological polar surface area (TPSA) is 99.5 Å². The molecule has 0 fully saturated rings. The lowest BCUT2D eigenvalue weighted by Crippen LogP contribution is -2.07. The Kier molecular flexibility index (Phi) is 3.67. The van der Waals surface area contributed by atoms with Crippen LogP contribution in [0.4, 0.5) is 5.95 Å². The van der Waals surface area contributed by atoms with Gasteiger partial charge in [0.25, 0.3) is 0 Å². The highest BCUT2D eigenvalue weighted by Crippen LogP contribution is 2.08. The number of anilines is 1. The third kappa shape index (κ3) is 3.02. The first-order chi connectivity index (χ1) is 8.40. The Labute approximate surface area is 97.5 Å². The Bertz CT molecular complexity index is 547. The molecule has 0 saturated heterocycles. The van der Waals surface area contributed by atoms with Gasteiger partial charge in [-0.1, -0.05) is 17.2 Å². The molecule has 2 aromatic rings. The SMILES string of the molecule is [N-]=[N+]=NCCCNc1nnc2ccccc2n1. The lowest BCUT2D eigenvalue weighted by atomic mass is 10.3. The van der Waals surface area contributed by atoms with Gasteiger partial charge in [-0.05, 0) is 24.1 Å². The van der Waals surface area contributed by atoms with Crippen molar-refractivity contribution in [2.24, 2.45) is 5.11 Å². The van der Waals surface area contributed by atoms with E-state index in [1.54, 1.807) is 0 Å². The van der Waals surface area contributed by atoms with E-state index in [1.165, 1.54) is 0 Å². The highest BCUT2D eigenvalue weighted by molar-refractivity contribution is 5.73. The van der Waals surface area contributed by atoms with Crippen LogP contribution in [-0.2, 0) is 0 Å². The first kappa shape index (κ1) is 11.1. The van der Waals surface area contributed by atoms with Crippen molar-refractivity contribution < 1.29 is 0 Å². The van der Waals surface area contributed by atoms with Gasteiger partial charge in [0.15, 0.2) is 0 Å². The Morgan fingerprint density at radius 2 is 2.06 bits per heavy atom. The van der Waals surface area contributed by atoms with E-state index in [2.05, 4.69) is 30.5 Å². The third-order valence-corrected chi connectivity index (χ3v) is 2.14. The molecular weight excluding hydrogens is 218 g/mol. The summed E-state index contributed by atoms with van der Waals surface area (Å²) in [7, 11) is 0. The van der Waals surface area contributed by atoms with Crippen molar-refractivity contribution in [1.82, 2.24) is 15.2 Å². The van der Waals surface area contributed by atoms with E-state index < -0.39 is 0 Å². The van der Waals surface area contributed by atoms with E-state index in [4.69, 9.17) is 5.53 Å². The first-order valence-electron chi connectivity index (χ1n) is 5.24. The van der Waals surface area contributed by atoms with Crippen LogP contribution in [0.15, 0.2) is 29.4 Å². The second-order valence-electron chi connectivity index (χ2n) is 3.36. The van der Waals surface area contributed by atoms with Gasteiger partial charge in [0.2, 0.25) is 5.95 Å². The Hall–Kier alpha value is -2.40. The number of nitrogens with one attached hydrogen (secondary N) is 1. The van der Waals surface area contributed by atoms with Gasteiger partial charge in [-0.15, -0.1) is 10.2 Å². The van der Waals surface area contributed by atoms with Crippen LogP contribution in [0, 0.1) is 0 Å². The summed E-state index contributed by atoms with van der Waals surface area (Å²) in [5.41, 5.74) is 9.68. The molecule has 0 aliphatic carbocycles. The van der Waals surface area contributed by atoms with Crippen molar-refractivity contribution in [3.05, 3.63) is 34.7 Å². The lowest BCUT2D eigenvalue weighted by molar-refractivity contribution is 0.852. The monoisotopic (exact) mass is 229 g/mol. The minimum atomic E-state index is 0.463. The molecular formula is C10H11N7. The van der Waals surface area contributed by atoms with Crippen LogP contribution in [0.3, 0.4) is 0 Å². The molecule has 2 rings (SSSR count). The molecule has 1 N–H and O–H groups in total. The number of para-hydroxylation sites is 1. The molecule has 0 saturated carbocycles. The molecule has 86 valence electrons. The van der Waals surface area contributed by atoms with Crippen molar-refractivity contribution in [1.29, 1.82) is 0 Å². The van der Waals surface area contributed by atoms with Gasteiger partial charge in [-0.25, -0.2) is 4.98 Å². The van der Waals surface area contributed by atoms with Crippen LogP contribution in [0.1, 0.15) is 6.42 Å². The van der Waals surface area contributed by atoms with Gasteiger partial charge < -0.3 is 5.32 Å². The Balaban J connectivity index is 1.97. The normalized spacial score (nSPS) is 9.88. The molecule has 0 aliphatic rings. The second kappa shape index (κ2) is 5.62. The van der Waals surface area contributed by atoms with E-state index in [0.717, 1.165) is 17.5 Å². The average molecular weight is 229 g/mol. The fourth-order valence-electron chi connectivity index (χ4n) is 1.35. The molecule has 0 amide bonds. The zero-order chi connectivity index (χ0) is 11.9. The van der Waals surface area contributed by atoms with Crippen molar-refractivity contribution >= 4 is 17.0 Å². The van der Waals surface area contributed by atoms with E-state index in [9.17, 15) is 0 Å². The summed E-state index contributed by atoms with van der Waals surface area (Å²) in [6.07, 6.45) is 0.736. The molecule has 17 heavy (non-hydrogen) atoms. The summed E-state index contributed by atoms with van der Waals surface area (Å²) in [6, 6.07) is 7.55. The molecule has 7 heteroatoms. The average Bonchev–Trinajstić information content (AvgIpc) is 2.38. The van der Waals surface area contributed by atoms with Crippen LogP contribution in [0.25, 0.3) is 21.5 Å². The summed E-state index contributed by atoms with van der Waals surface area (Å²) < 4.78 is 0. The quantitative estimate of drug-likeness (QED) is 0.367. The van der Waals surface area contributed by atoms with Gasteiger partial charge in [0.05, 0.1) is 5.52 Å². The molecule has 7 nitrogen and oxygen atoms in total. The van der Waals surface area contributed by atoms with Gasteiger partial charge in [0, 0.05) is 18.0 Å². The molecule has 0 atom stereocenters.